The Morgan fingerprint density at radius 3 is 1.95 bits per heavy atom. The lowest BCUT2D eigenvalue weighted by molar-refractivity contribution is -0.272. The first-order valence-electron chi connectivity index (χ1n) is 14.4. The van der Waals surface area contributed by atoms with E-state index >= 15 is 8.78 Å². The number of halogens is 2. The molecule has 0 saturated heterocycles. The zero-order valence-corrected chi connectivity index (χ0v) is 22.7. The fourth-order valence-corrected chi connectivity index (χ4v) is 6.40. The van der Waals surface area contributed by atoms with Gasteiger partial charge in [-0.15, -0.1) is 6.58 Å². The molecule has 1 atom stereocenters. The van der Waals surface area contributed by atoms with Crippen LogP contribution in [0.2, 0.25) is 0 Å². The second-order valence-corrected chi connectivity index (χ2v) is 11.3. The number of allylic oxidation sites excluding steroid dienone is 3. The van der Waals surface area contributed by atoms with Crippen molar-refractivity contribution in [2.24, 2.45) is 11.8 Å². The largest absolute Gasteiger partial charge is 0.383 e. The molecule has 0 N–H and O–H groups in total. The van der Waals surface area contributed by atoms with Crippen LogP contribution in [0.15, 0.2) is 73.3 Å². The maximum atomic E-state index is 15.1. The molecule has 2 aromatic carbocycles. The Morgan fingerprint density at radius 2 is 1.41 bits per heavy atom. The Labute approximate surface area is 223 Å². The molecule has 0 spiro atoms. The molecule has 2 fully saturated rings. The predicted octanol–water partition coefficient (Wildman–Crippen LogP) is 10.6. The summed E-state index contributed by atoms with van der Waals surface area (Å²) in [5, 5.41) is 0. The van der Waals surface area contributed by atoms with Gasteiger partial charge in [0.2, 0.25) is 0 Å². The molecule has 1 nitrogen and oxygen atoms in total. The van der Waals surface area contributed by atoms with E-state index in [9.17, 15) is 0 Å². The third-order valence-electron chi connectivity index (χ3n) is 8.78. The molecule has 2 aliphatic carbocycles. The summed E-state index contributed by atoms with van der Waals surface area (Å²) in [6.07, 6.45) is 14.3. The zero-order valence-electron chi connectivity index (χ0n) is 22.7. The number of ether oxygens (including phenoxy) is 1. The van der Waals surface area contributed by atoms with Crippen molar-refractivity contribution < 1.29 is 13.5 Å². The van der Waals surface area contributed by atoms with E-state index in [0.29, 0.717) is 17.8 Å². The fraction of sp³-hybridized carbons (Fsp3) is 0.529. The summed E-state index contributed by atoms with van der Waals surface area (Å²) in [7, 11) is 0. The summed E-state index contributed by atoms with van der Waals surface area (Å²) in [5.74, 6) is 2.51. The SMILES string of the molecule is C=CCCC1CCC(c2ccc(C(C)OC(F)(F)c3ccc(C4CCC(/C=C/C)CC4)cc3)cc2)CC1. The van der Waals surface area contributed by atoms with Crippen LogP contribution in [0.5, 0.6) is 0 Å². The van der Waals surface area contributed by atoms with Gasteiger partial charge in [-0.25, -0.2) is 0 Å². The molecule has 0 bridgehead atoms. The van der Waals surface area contributed by atoms with E-state index in [-0.39, 0.29) is 5.56 Å². The first-order valence-corrected chi connectivity index (χ1v) is 14.4. The second-order valence-electron chi connectivity index (χ2n) is 11.3. The highest BCUT2D eigenvalue weighted by atomic mass is 19.3. The Bertz CT molecular complexity index is 991. The van der Waals surface area contributed by atoms with Crippen LogP contribution in [0.25, 0.3) is 0 Å². The number of hydrogen-bond donors (Lipinski definition) is 0. The minimum Gasteiger partial charge on any atom is -0.309 e. The zero-order chi connectivity index (χ0) is 26.3. The van der Waals surface area contributed by atoms with Gasteiger partial charge in [0.1, 0.15) is 0 Å². The number of rotatable bonds is 10. The summed E-state index contributed by atoms with van der Waals surface area (Å²) in [5.41, 5.74) is 3.20. The molecule has 1 unspecified atom stereocenters. The van der Waals surface area contributed by atoms with Gasteiger partial charge in [-0.3, -0.25) is 0 Å². The molecule has 0 amide bonds. The second kappa shape index (κ2) is 13.0. The van der Waals surface area contributed by atoms with Crippen LogP contribution in [0, 0.1) is 11.8 Å². The van der Waals surface area contributed by atoms with Gasteiger partial charge in [-0.05, 0) is 118 Å². The first kappa shape index (κ1) is 27.8. The number of benzene rings is 2. The third kappa shape index (κ3) is 7.41. The van der Waals surface area contributed by atoms with Crippen molar-refractivity contribution in [3.63, 3.8) is 0 Å². The molecule has 200 valence electrons. The van der Waals surface area contributed by atoms with Crippen molar-refractivity contribution in [3.8, 4) is 0 Å². The maximum Gasteiger partial charge on any atom is 0.383 e. The monoisotopic (exact) mass is 506 g/mol. The van der Waals surface area contributed by atoms with Crippen LogP contribution < -0.4 is 0 Å². The molecule has 0 heterocycles. The number of alkyl halides is 2. The molecule has 2 saturated carbocycles. The van der Waals surface area contributed by atoms with Crippen LogP contribution in [0.3, 0.4) is 0 Å². The normalized spacial score (nSPS) is 25.7. The lowest BCUT2D eigenvalue weighted by Gasteiger charge is -2.29. The summed E-state index contributed by atoms with van der Waals surface area (Å²) in [6, 6.07) is 15.0. The molecular weight excluding hydrogens is 462 g/mol. The number of hydrogen-bond acceptors (Lipinski definition) is 1. The topological polar surface area (TPSA) is 9.23 Å². The highest BCUT2D eigenvalue weighted by Crippen LogP contribution is 2.40. The van der Waals surface area contributed by atoms with Crippen LogP contribution in [0.1, 0.15) is 118 Å². The van der Waals surface area contributed by atoms with E-state index in [1.165, 1.54) is 50.5 Å². The molecular formula is C34H44F2O. The highest BCUT2D eigenvalue weighted by molar-refractivity contribution is 5.29. The predicted molar refractivity (Wildman–Crippen MR) is 150 cm³/mol. The minimum atomic E-state index is -3.33. The van der Waals surface area contributed by atoms with Crippen molar-refractivity contribution in [1.29, 1.82) is 0 Å². The van der Waals surface area contributed by atoms with E-state index in [2.05, 4.69) is 37.8 Å². The van der Waals surface area contributed by atoms with Crippen LogP contribution in [-0.4, -0.2) is 0 Å². The third-order valence-corrected chi connectivity index (χ3v) is 8.78. The van der Waals surface area contributed by atoms with E-state index < -0.39 is 12.2 Å². The molecule has 0 radical (unpaired) electrons. The fourth-order valence-electron chi connectivity index (χ4n) is 6.40. The molecule has 3 heteroatoms. The maximum absolute atomic E-state index is 15.1. The van der Waals surface area contributed by atoms with Gasteiger partial charge in [0.25, 0.3) is 0 Å². The van der Waals surface area contributed by atoms with Crippen LogP contribution in [-0.2, 0) is 10.8 Å². The summed E-state index contributed by atoms with van der Waals surface area (Å²) < 4.78 is 35.4. The average Bonchev–Trinajstić information content (AvgIpc) is 2.93. The Balaban J connectivity index is 1.31. The lowest BCUT2D eigenvalue weighted by Crippen LogP contribution is -2.20. The average molecular weight is 507 g/mol. The van der Waals surface area contributed by atoms with Crippen molar-refractivity contribution in [3.05, 3.63) is 95.6 Å². The molecule has 4 rings (SSSR count). The highest BCUT2D eigenvalue weighted by Gasteiger charge is 2.35. The van der Waals surface area contributed by atoms with Crippen molar-refractivity contribution in [1.82, 2.24) is 0 Å². The smallest absolute Gasteiger partial charge is 0.309 e. The van der Waals surface area contributed by atoms with E-state index in [4.69, 9.17) is 4.74 Å². The molecule has 2 aromatic rings. The molecule has 2 aliphatic rings. The van der Waals surface area contributed by atoms with Gasteiger partial charge in [-0.2, -0.15) is 8.78 Å². The van der Waals surface area contributed by atoms with Gasteiger partial charge < -0.3 is 4.74 Å². The van der Waals surface area contributed by atoms with Crippen molar-refractivity contribution >= 4 is 0 Å². The van der Waals surface area contributed by atoms with E-state index in [0.717, 1.165) is 36.3 Å². The van der Waals surface area contributed by atoms with Gasteiger partial charge in [0, 0.05) is 0 Å². The van der Waals surface area contributed by atoms with Gasteiger partial charge in [0.05, 0.1) is 11.7 Å². The standard InChI is InChI=1S/C34H44F2O/c1-4-6-8-27-11-15-29(16-12-27)31-19-17-28(18-20-31)25(3)37-34(35,36)33-23-21-32(22-24-33)30-13-9-26(7-5-2)10-14-30/h4-5,7,17-27,29-30H,1,6,8-16H2,2-3H3/b7-5+. The summed E-state index contributed by atoms with van der Waals surface area (Å²) >= 11 is 0. The van der Waals surface area contributed by atoms with Crippen molar-refractivity contribution in [2.45, 2.75) is 102 Å². The molecule has 37 heavy (non-hydrogen) atoms. The lowest BCUT2D eigenvalue weighted by atomic mass is 9.77. The minimum absolute atomic E-state index is 0.0736. The molecule has 0 aromatic heterocycles. The van der Waals surface area contributed by atoms with Gasteiger partial charge >= 0.3 is 6.11 Å². The van der Waals surface area contributed by atoms with Gasteiger partial charge in [0.15, 0.2) is 0 Å². The van der Waals surface area contributed by atoms with Gasteiger partial charge in [-0.1, -0.05) is 66.8 Å². The van der Waals surface area contributed by atoms with Crippen LogP contribution >= 0.6 is 0 Å². The van der Waals surface area contributed by atoms with E-state index in [1.807, 2.05) is 30.3 Å². The van der Waals surface area contributed by atoms with E-state index in [1.54, 1.807) is 19.1 Å². The Morgan fingerprint density at radius 1 is 0.865 bits per heavy atom. The quantitative estimate of drug-likeness (QED) is 0.291. The summed E-state index contributed by atoms with van der Waals surface area (Å²) in [6.45, 7) is 7.62. The molecule has 0 aliphatic heterocycles. The first-order chi connectivity index (χ1) is 17.9. The van der Waals surface area contributed by atoms with Crippen molar-refractivity contribution in [2.75, 3.05) is 0 Å². The van der Waals surface area contributed by atoms with Crippen LogP contribution in [0.4, 0.5) is 8.78 Å². The Kier molecular flexibility index (Phi) is 9.76. The Hall–Kier alpha value is -2.26. The summed E-state index contributed by atoms with van der Waals surface area (Å²) in [4.78, 5) is 0.